The highest BCUT2D eigenvalue weighted by molar-refractivity contribution is 5.93. The lowest BCUT2D eigenvalue weighted by Crippen LogP contribution is -2.64. The molecule has 2 aromatic rings. The minimum Gasteiger partial charge on any atom is -0.381 e. The van der Waals surface area contributed by atoms with Gasteiger partial charge in [0.05, 0.1) is 0 Å². The van der Waals surface area contributed by atoms with Crippen LogP contribution in [0.2, 0.25) is 0 Å². The Bertz CT molecular complexity index is 812. The van der Waals surface area contributed by atoms with Gasteiger partial charge in [-0.3, -0.25) is 14.9 Å². The van der Waals surface area contributed by atoms with Crippen molar-refractivity contribution < 1.29 is 23.5 Å². The van der Waals surface area contributed by atoms with Gasteiger partial charge in [-0.1, -0.05) is 24.3 Å². The van der Waals surface area contributed by atoms with Crippen molar-refractivity contribution in [1.29, 1.82) is 0 Å². The molecule has 3 unspecified atom stereocenters. The number of hydrogen-bond donors (Lipinski definition) is 4. The minimum atomic E-state index is -1.55. The molecule has 6 nitrogen and oxygen atoms in total. The number of nitrogens with one attached hydrogen (secondary N) is 3. The van der Waals surface area contributed by atoms with E-state index in [1.54, 1.807) is 12.1 Å². The highest BCUT2D eigenvalue weighted by Crippen LogP contribution is 2.17. The molecule has 2 aromatic carbocycles. The van der Waals surface area contributed by atoms with Crippen molar-refractivity contribution in [2.24, 2.45) is 0 Å². The number of halogens is 2. The summed E-state index contributed by atoms with van der Waals surface area (Å²) >= 11 is 0. The Labute approximate surface area is 154 Å². The van der Waals surface area contributed by atoms with E-state index in [1.165, 1.54) is 36.4 Å². The summed E-state index contributed by atoms with van der Waals surface area (Å²) in [6.07, 6.45) is -1.80. The highest BCUT2D eigenvalue weighted by Gasteiger charge is 2.39. The zero-order valence-electron chi connectivity index (χ0n) is 14.3. The SMILES string of the molecule is O=C1NC(c2ccc(F)cc2)NC(C(=O)NCCc2ccc(F)cc2)C1O. The van der Waals surface area contributed by atoms with Gasteiger partial charge in [-0.15, -0.1) is 0 Å². The molecule has 0 radical (unpaired) electrons. The normalized spacial score (nSPS) is 22.2. The molecule has 1 saturated heterocycles. The molecular weight excluding hydrogens is 356 g/mol. The molecule has 0 saturated carbocycles. The third kappa shape index (κ3) is 4.66. The lowest BCUT2D eigenvalue weighted by Gasteiger charge is -2.34. The van der Waals surface area contributed by atoms with Crippen LogP contribution in [0.3, 0.4) is 0 Å². The maximum atomic E-state index is 13.1. The van der Waals surface area contributed by atoms with Gasteiger partial charge in [0.25, 0.3) is 5.91 Å². The molecule has 1 aliphatic heterocycles. The van der Waals surface area contributed by atoms with Crippen LogP contribution in [-0.2, 0) is 16.0 Å². The van der Waals surface area contributed by atoms with Crippen molar-refractivity contribution >= 4 is 11.8 Å². The topological polar surface area (TPSA) is 90.5 Å². The lowest BCUT2D eigenvalue weighted by molar-refractivity contribution is -0.142. The van der Waals surface area contributed by atoms with Gasteiger partial charge in [0, 0.05) is 6.54 Å². The second-order valence-electron chi connectivity index (χ2n) is 6.25. The number of hydrogen-bond acceptors (Lipinski definition) is 4. The van der Waals surface area contributed by atoms with Gasteiger partial charge < -0.3 is 15.7 Å². The fourth-order valence-corrected chi connectivity index (χ4v) is 2.84. The van der Waals surface area contributed by atoms with Crippen LogP contribution in [-0.4, -0.2) is 35.6 Å². The van der Waals surface area contributed by atoms with E-state index in [0.29, 0.717) is 12.0 Å². The van der Waals surface area contributed by atoms with Crippen LogP contribution < -0.4 is 16.0 Å². The molecule has 0 spiro atoms. The number of aliphatic hydroxyl groups is 1. The molecule has 2 amide bonds. The van der Waals surface area contributed by atoms with Crippen molar-refractivity contribution in [3.05, 3.63) is 71.3 Å². The van der Waals surface area contributed by atoms with Crippen molar-refractivity contribution in [3.63, 3.8) is 0 Å². The van der Waals surface area contributed by atoms with E-state index in [9.17, 15) is 23.5 Å². The van der Waals surface area contributed by atoms with E-state index in [0.717, 1.165) is 5.56 Å². The fraction of sp³-hybridized carbons (Fsp3) is 0.263. The van der Waals surface area contributed by atoms with E-state index in [1.807, 2.05) is 0 Å². The van der Waals surface area contributed by atoms with Crippen molar-refractivity contribution in [3.8, 4) is 0 Å². The Balaban J connectivity index is 1.60. The molecule has 1 aliphatic rings. The zero-order valence-corrected chi connectivity index (χ0v) is 14.3. The third-order valence-corrected chi connectivity index (χ3v) is 4.33. The zero-order chi connectivity index (χ0) is 19.4. The second kappa shape index (κ2) is 8.24. The van der Waals surface area contributed by atoms with Gasteiger partial charge in [-0.25, -0.2) is 8.78 Å². The van der Waals surface area contributed by atoms with Crippen molar-refractivity contribution in [2.45, 2.75) is 24.7 Å². The summed E-state index contributed by atoms with van der Waals surface area (Å²) < 4.78 is 26.0. The van der Waals surface area contributed by atoms with E-state index < -0.39 is 35.9 Å². The van der Waals surface area contributed by atoms with Gasteiger partial charge in [-0.05, 0) is 41.8 Å². The summed E-state index contributed by atoms with van der Waals surface area (Å²) in [4.78, 5) is 24.4. The maximum Gasteiger partial charge on any atom is 0.252 e. The maximum absolute atomic E-state index is 13.1. The first-order chi connectivity index (χ1) is 12.9. The smallest absolute Gasteiger partial charge is 0.252 e. The number of carbonyl (C=O) groups excluding carboxylic acids is 2. The molecule has 142 valence electrons. The largest absolute Gasteiger partial charge is 0.381 e. The quantitative estimate of drug-likeness (QED) is 0.622. The predicted molar refractivity (Wildman–Crippen MR) is 93.3 cm³/mol. The summed E-state index contributed by atoms with van der Waals surface area (Å²) in [7, 11) is 0. The number of aliphatic hydroxyl groups excluding tert-OH is 1. The summed E-state index contributed by atoms with van der Waals surface area (Å²) in [6.45, 7) is 0.262. The average molecular weight is 375 g/mol. The highest BCUT2D eigenvalue weighted by atomic mass is 19.1. The third-order valence-electron chi connectivity index (χ3n) is 4.33. The number of carbonyl (C=O) groups is 2. The molecule has 8 heteroatoms. The molecule has 0 aliphatic carbocycles. The predicted octanol–water partition coefficient (Wildman–Crippen LogP) is 0.771. The van der Waals surface area contributed by atoms with E-state index in [2.05, 4.69) is 16.0 Å². The first kappa shape index (κ1) is 18.9. The molecule has 3 atom stereocenters. The van der Waals surface area contributed by atoms with Gasteiger partial charge >= 0.3 is 0 Å². The monoisotopic (exact) mass is 375 g/mol. The Morgan fingerprint density at radius 1 is 1.04 bits per heavy atom. The average Bonchev–Trinajstić information content (AvgIpc) is 2.66. The van der Waals surface area contributed by atoms with E-state index >= 15 is 0 Å². The first-order valence-corrected chi connectivity index (χ1v) is 8.46. The van der Waals surface area contributed by atoms with E-state index in [-0.39, 0.29) is 12.4 Å². The van der Waals surface area contributed by atoms with Gasteiger partial charge in [0.1, 0.15) is 23.8 Å². The van der Waals surface area contributed by atoms with Crippen molar-refractivity contribution in [1.82, 2.24) is 16.0 Å². The van der Waals surface area contributed by atoms with Crippen LogP contribution in [0.4, 0.5) is 8.78 Å². The van der Waals surface area contributed by atoms with Crippen LogP contribution in [0.15, 0.2) is 48.5 Å². The molecule has 0 bridgehead atoms. The summed E-state index contributed by atoms with van der Waals surface area (Å²) in [5, 5.41) is 18.1. The van der Waals surface area contributed by atoms with Crippen LogP contribution in [0, 0.1) is 11.6 Å². The van der Waals surface area contributed by atoms with Gasteiger partial charge in [0.2, 0.25) is 5.91 Å². The fourth-order valence-electron chi connectivity index (χ4n) is 2.84. The number of amides is 2. The molecule has 1 heterocycles. The summed E-state index contributed by atoms with van der Waals surface area (Å²) in [6, 6.07) is 10.2. The molecule has 4 N–H and O–H groups in total. The Hall–Kier alpha value is -2.84. The van der Waals surface area contributed by atoms with E-state index in [4.69, 9.17) is 0 Å². The standard InChI is InChI=1S/C19H19F2N3O3/c20-13-5-1-11(2-6-13)9-10-22-18(26)15-16(25)19(27)24-17(23-15)12-3-7-14(21)8-4-12/h1-8,15-17,23,25H,9-10H2,(H,22,26)(H,24,27). The number of rotatable bonds is 5. The minimum absolute atomic E-state index is 0.262. The van der Waals surface area contributed by atoms with Crippen LogP contribution in [0.1, 0.15) is 17.3 Å². The van der Waals surface area contributed by atoms with Crippen molar-refractivity contribution in [2.75, 3.05) is 6.54 Å². The number of benzene rings is 2. The molecule has 1 fully saturated rings. The summed E-state index contributed by atoms with van der Waals surface area (Å²) in [5.74, 6) is -1.99. The van der Waals surface area contributed by atoms with Crippen LogP contribution in [0.25, 0.3) is 0 Å². The van der Waals surface area contributed by atoms with Gasteiger partial charge in [0.15, 0.2) is 6.10 Å². The Kier molecular flexibility index (Phi) is 5.78. The van der Waals surface area contributed by atoms with Crippen LogP contribution >= 0.6 is 0 Å². The summed E-state index contributed by atoms with van der Waals surface area (Å²) in [5.41, 5.74) is 1.40. The Morgan fingerprint density at radius 2 is 1.63 bits per heavy atom. The molecule has 27 heavy (non-hydrogen) atoms. The van der Waals surface area contributed by atoms with Gasteiger partial charge in [-0.2, -0.15) is 0 Å². The first-order valence-electron chi connectivity index (χ1n) is 8.46. The molecule has 3 rings (SSSR count). The second-order valence-corrected chi connectivity index (χ2v) is 6.25. The molecular formula is C19H19F2N3O3. The lowest BCUT2D eigenvalue weighted by atomic mass is 10.0. The van der Waals surface area contributed by atoms with Crippen LogP contribution in [0.5, 0.6) is 0 Å². The molecule has 0 aromatic heterocycles. The Morgan fingerprint density at radius 3 is 2.26 bits per heavy atom.